The third-order valence-electron chi connectivity index (χ3n) is 3.63. The van der Waals surface area contributed by atoms with Crippen molar-refractivity contribution >= 4 is 23.4 Å². The normalized spacial score (nSPS) is 12.0. The lowest BCUT2D eigenvalue weighted by molar-refractivity contribution is -0.115. The van der Waals surface area contributed by atoms with Crippen molar-refractivity contribution in [2.45, 2.75) is 24.3 Å². The number of rotatable bonds is 5. The standard InChI is InChI=1S/C19H18FN3OS/c1-13-5-3-7-16(11-13)22-18(24)14(2)25-19-21-9-10-23(19)17-8-4-6-15(20)12-17/h3-12,14H,1-2H3,(H,22,24)/t14-/m0/s1. The van der Waals surface area contributed by atoms with Gasteiger partial charge in [0, 0.05) is 18.1 Å². The first-order valence-corrected chi connectivity index (χ1v) is 8.74. The summed E-state index contributed by atoms with van der Waals surface area (Å²) in [6.07, 6.45) is 3.39. The van der Waals surface area contributed by atoms with Crippen LogP contribution in [0, 0.1) is 12.7 Å². The van der Waals surface area contributed by atoms with E-state index in [-0.39, 0.29) is 17.0 Å². The molecule has 0 saturated carbocycles. The average Bonchev–Trinajstić information content (AvgIpc) is 3.03. The maximum atomic E-state index is 13.5. The molecule has 0 saturated heterocycles. The number of imidazole rings is 1. The van der Waals surface area contributed by atoms with Gasteiger partial charge in [-0.05, 0) is 49.7 Å². The van der Waals surface area contributed by atoms with Gasteiger partial charge in [-0.3, -0.25) is 9.36 Å². The van der Waals surface area contributed by atoms with E-state index in [0.29, 0.717) is 10.8 Å². The van der Waals surface area contributed by atoms with Gasteiger partial charge in [0.05, 0.1) is 10.9 Å². The number of amides is 1. The molecule has 3 aromatic rings. The Morgan fingerprint density at radius 3 is 2.80 bits per heavy atom. The summed E-state index contributed by atoms with van der Waals surface area (Å²) in [5.41, 5.74) is 2.52. The van der Waals surface area contributed by atoms with Gasteiger partial charge >= 0.3 is 0 Å². The van der Waals surface area contributed by atoms with Crippen LogP contribution in [0.15, 0.2) is 66.1 Å². The summed E-state index contributed by atoms with van der Waals surface area (Å²) in [5, 5.41) is 3.19. The van der Waals surface area contributed by atoms with Crippen LogP contribution in [0.1, 0.15) is 12.5 Å². The number of aromatic nitrogens is 2. The van der Waals surface area contributed by atoms with Crippen LogP contribution in [0.4, 0.5) is 10.1 Å². The SMILES string of the molecule is Cc1cccc(NC(=O)[C@H](C)Sc2nccn2-c2cccc(F)c2)c1. The molecule has 0 unspecified atom stereocenters. The number of aryl methyl sites for hydroxylation is 1. The summed E-state index contributed by atoms with van der Waals surface area (Å²) < 4.78 is 15.2. The predicted octanol–water partition coefficient (Wildman–Crippen LogP) is 4.44. The van der Waals surface area contributed by atoms with Gasteiger partial charge in [0.15, 0.2) is 5.16 Å². The van der Waals surface area contributed by atoms with Crippen LogP contribution in [0.2, 0.25) is 0 Å². The zero-order valence-corrected chi connectivity index (χ0v) is 14.8. The van der Waals surface area contributed by atoms with Crippen LogP contribution in [-0.2, 0) is 4.79 Å². The smallest absolute Gasteiger partial charge is 0.237 e. The van der Waals surface area contributed by atoms with E-state index in [4.69, 9.17) is 0 Å². The highest BCUT2D eigenvalue weighted by atomic mass is 32.2. The van der Waals surface area contributed by atoms with E-state index in [0.717, 1.165) is 11.3 Å². The topological polar surface area (TPSA) is 46.9 Å². The minimum Gasteiger partial charge on any atom is -0.325 e. The second kappa shape index (κ2) is 7.53. The lowest BCUT2D eigenvalue weighted by atomic mass is 10.2. The Labute approximate surface area is 150 Å². The maximum Gasteiger partial charge on any atom is 0.237 e. The average molecular weight is 355 g/mol. The van der Waals surface area contributed by atoms with E-state index in [1.54, 1.807) is 29.1 Å². The van der Waals surface area contributed by atoms with E-state index in [1.165, 1.54) is 23.9 Å². The Bertz CT molecular complexity index is 894. The number of carbonyl (C=O) groups is 1. The molecule has 25 heavy (non-hydrogen) atoms. The third kappa shape index (κ3) is 4.28. The molecule has 0 fully saturated rings. The quantitative estimate of drug-likeness (QED) is 0.688. The van der Waals surface area contributed by atoms with Crippen LogP contribution in [0.3, 0.4) is 0 Å². The van der Waals surface area contributed by atoms with Gasteiger partial charge in [0.25, 0.3) is 0 Å². The number of carbonyl (C=O) groups excluding carboxylic acids is 1. The van der Waals surface area contributed by atoms with E-state index in [1.807, 2.05) is 38.1 Å². The molecule has 1 aromatic heterocycles. The van der Waals surface area contributed by atoms with Crippen LogP contribution in [0.5, 0.6) is 0 Å². The summed E-state index contributed by atoms with van der Waals surface area (Å²) >= 11 is 1.33. The van der Waals surface area contributed by atoms with Crippen LogP contribution in [-0.4, -0.2) is 20.7 Å². The number of nitrogens with zero attached hydrogens (tertiary/aromatic N) is 2. The Hall–Kier alpha value is -2.60. The number of anilines is 1. The molecule has 128 valence electrons. The third-order valence-corrected chi connectivity index (χ3v) is 4.71. The van der Waals surface area contributed by atoms with Crippen molar-refractivity contribution < 1.29 is 9.18 Å². The van der Waals surface area contributed by atoms with Crippen molar-refractivity contribution in [3.05, 3.63) is 72.3 Å². The van der Waals surface area contributed by atoms with Gasteiger partial charge in [0.2, 0.25) is 5.91 Å². The van der Waals surface area contributed by atoms with Crippen LogP contribution in [0.25, 0.3) is 5.69 Å². The summed E-state index contributed by atoms with van der Waals surface area (Å²) in [6.45, 7) is 3.80. The Kier molecular flexibility index (Phi) is 5.19. The Balaban J connectivity index is 1.72. The minimum atomic E-state index is -0.352. The molecule has 3 rings (SSSR count). The highest BCUT2D eigenvalue weighted by molar-refractivity contribution is 8.00. The first-order chi connectivity index (χ1) is 12.0. The van der Waals surface area contributed by atoms with Crippen molar-refractivity contribution in [2.75, 3.05) is 5.32 Å². The van der Waals surface area contributed by atoms with Crippen molar-refractivity contribution in [3.8, 4) is 5.69 Å². The molecule has 4 nitrogen and oxygen atoms in total. The predicted molar refractivity (Wildman–Crippen MR) is 98.6 cm³/mol. The van der Waals surface area contributed by atoms with Crippen LogP contribution < -0.4 is 5.32 Å². The second-order valence-electron chi connectivity index (χ2n) is 5.68. The molecule has 1 N–H and O–H groups in total. The van der Waals surface area contributed by atoms with E-state index >= 15 is 0 Å². The summed E-state index contributed by atoms with van der Waals surface area (Å²) in [7, 11) is 0. The van der Waals surface area contributed by atoms with Crippen molar-refractivity contribution in [1.29, 1.82) is 0 Å². The van der Waals surface area contributed by atoms with Crippen LogP contribution >= 0.6 is 11.8 Å². The fourth-order valence-electron chi connectivity index (χ4n) is 2.38. The van der Waals surface area contributed by atoms with E-state index in [2.05, 4.69) is 10.3 Å². The molecule has 0 radical (unpaired) electrons. The number of benzene rings is 2. The summed E-state index contributed by atoms with van der Waals surface area (Å²) in [4.78, 5) is 16.7. The highest BCUT2D eigenvalue weighted by Crippen LogP contribution is 2.25. The van der Waals surface area contributed by atoms with Crippen molar-refractivity contribution in [1.82, 2.24) is 9.55 Å². The first kappa shape index (κ1) is 17.2. The minimum absolute atomic E-state index is 0.107. The Morgan fingerprint density at radius 2 is 2.04 bits per heavy atom. The number of hydrogen-bond acceptors (Lipinski definition) is 3. The molecule has 2 aromatic carbocycles. The van der Waals surface area contributed by atoms with Gasteiger partial charge in [0.1, 0.15) is 5.82 Å². The van der Waals surface area contributed by atoms with Crippen molar-refractivity contribution in [3.63, 3.8) is 0 Å². The number of halogens is 1. The molecule has 0 bridgehead atoms. The summed E-state index contributed by atoms with van der Waals surface area (Å²) in [5.74, 6) is -0.420. The monoisotopic (exact) mass is 355 g/mol. The zero-order valence-electron chi connectivity index (χ0n) is 13.9. The Morgan fingerprint density at radius 1 is 1.24 bits per heavy atom. The molecule has 1 heterocycles. The zero-order chi connectivity index (χ0) is 17.8. The number of hydrogen-bond donors (Lipinski definition) is 1. The maximum absolute atomic E-state index is 13.5. The molecule has 1 amide bonds. The van der Waals surface area contributed by atoms with Gasteiger partial charge < -0.3 is 5.32 Å². The fourth-order valence-corrected chi connectivity index (χ4v) is 3.26. The summed E-state index contributed by atoms with van der Waals surface area (Å²) in [6, 6.07) is 13.9. The van der Waals surface area contributed by atoms with Gasteiger partial charge in [-0.15, -0.1) is 0 Å². The molecule has 0 aliphatic heterocycles. The lowest BCUT2D eigenvalue weighted by Crippen LogP contribution is -2.22. The number of thioether (sulfide) groups is 1. The molecule has 0 aliphatic rings. The largest absolute Gasteiger partial charge is 0.325 e. The molecular formula is C19H18FN3OS. The lowest BCUT2D eigenvalue weighted by Gasteiger charge is -2.13. The van der Waals surface area contributed by atoms with Crippen molar-refractivity contribution in [2.24, 2.45) is 0 Å². The first-order valence-electron chi connectivity index (χ1n) is 7.86. The second-order valence-corrected chi connectivity index (χ2v) is 6.99. The van der Waals surface area contributed by atoms with Gasteiger partial charge in [-0.2, -0.15) is 0 Å². The molecule has 6 heteroatoms. The highest BCUT2D eigenvalue weighted by Gasteiger charge is 2.18. The van der Waals surface area contributed by atoms with E-state index < -0.39 is 0 Å². The number of nitrogens with one attached hydrogen (secondary N) is 1. The molecule has 1 atom stereocenters. The molecule has 0 spiro atoms. The molecular weight excluding hydrogens is 337 g/mol. The van der Waals surface area contributed by atoms with E-state index in [9.17, 15) is 9.18 Å². The van der Waals surface area contributed by atoms with Gasteiger partial charge in [-0.25, -0.2) is 9.37 Å². The fraction of sp³-hybridized carbons (Fsp3) is 0.158. The van der Waals surface area contributed by atoms with Gasteiger partial charge in [-0.1, -0.05) is 30.0 Å². The molecule has 0 aliphatic carbocycles.